The van der Waals surface area contributed by atoms with Crippen molar-refractivity contribution in [2.24, 2.45) is 5.92 Å². The smallest absolute Gasteiger partial charge is 0.240 e. The van der Waals surface area contributed by atoms with Crippen LogP contribution in [0, 0.1) is 29.6 Å². The van der Waals surface area contributed by atoms with Gasteiger partial charge in [0.1, 0.15) is 5.92 Å². The Morgan fingerprint density at radius 3 is 2.69 bits per heavy atom. The molecule has 0 bridgehead atoms. The lowest BCUT2D eigenvalue weighted by molar-refractivity contribution is -0.132. The minimum atomic E-state index is -0.597. The van der Waals surface area contributed by atoms with Gasteiger partial charge in [-0.1, -0.05) is 12.8 Å². The maximum atomic E-state index is 11.5. The minimum absolute atomic E-state index is 0.178. The zero-order valence-electron chi connectivity index (χ0n) is 8.08. The first-order valence-corrected chi connectivity index (χ1v) is 4.29. The fourth-order valence-electron chi connectivity index (χ4n) is 0.976. The van der Waals surface area contributed by atoms with Gasteiger partial charge in [0.25, 0.3) is 0 Å². The number of hydrogen-bond donors (Lipinski definition) is 0. The maximum absolute atomic E-state index is 11.5. The molecule has 0 radical (unpaired) electrons. The molecule has 0 saturated carbocycles. The van der Waals surface area contributed by atoms with Crippen LogP contribution in [-0.2, 0) is 4.79 Å². The second-order valence-electron chi connectivity index (χ2n) is 2.81. The number of nitrogens with zero attached hydrogens (tertiary/aromatic N) is 2. The molecule has 0 aromatic rings. The molecule has 0 rings (SSSR count). The minimum Gasteiger partial charge on any atom is -0.330 e. The number of carbonyl (C=O) groups excluding carboxylic acids is 1. The molecule has 0 aromatic heterocycles. The second-order valence-corrected chi connectivity index (χ2v) is 2.81. The number of hydrogen-bond acceptors (Lipinski definition) is 2. The van der Waals surface area contributed by atoms with Crippen LogP contribution in [0.4, 0.5) is 0 Å². The molecule has 3 heteroatoms. The van der Waals surface area contributed by atoms with Crippen molar-refractivity contribution in [1.29, 1.82) is 5.26 Å². The third kappa shape index (κ3) is 3.62. The molecule has 0 saturated heterocycles. The number of carbonyl (C=O) groups is 1. The first-order valence-electron chi connectivity index (χ1n) is 4.29. The summed E-state index contributed by atoms with van der Waals surface area (Å²) in [5.41, 5.74) is 0. The van der Waals surface area contributed by atoms with Crippen molar-refractivity contribution in [3.8, 4) is 18.4 Å². The van der Waals surface area contributed by atoms with Crippen molar-refractivity contribution in [1.82, 2.24) is 4.90 Å². The Labute approximate surface area is 79.3 Å². The lowest BCUT2D eigenvalue weighted by atomic mass is 10.2. The summed E-state index contributed by atoms with van der Waals surface area (Å²) in [7, 11) is 0. The van der Waals surface area contributed by atoms with Crippen LogP contribution in [0.15, 0.2) is 0 Å². The van der Waals surface area contributed by atoms with Crippen LogP contribution < -0.4 is 0 Å². The van der Waals surface area contributed by atoms with Crippen LogP contribution >= 0.6 is 0 Å². The van der Waals surface area contributed by atoms with Gasteiger partial charge in [-0.05, 0) is 13.3 Å². The Kier molecular flexibility index (Phi) is 5.39. The normalized spacial score (nSPS) is 11.1. The molecule has 0 aliphatic rings. The van der Waals surface area contributed by atoms with E-state index in [1.807, 2.05) is 13.0 Å². The highest BCUT2D eigenvalue weighted by atomic mass is 16.2. The fraction of sp³-hybridized carbons (Fsp3) is 0.600. The quantitative estimate of drug-likeness (QED) is 0.603. The van der Waals surface area contributed by atoms with E-state index in [0.717, 1.165) is 6.42 Å². The van der Waals surface area contributed by atoms with E-state index in [1.54, 1.807) is 6.92 Å². The Morgan fingerprint density at radius 1 is 1.69 bits per heavy atom. The number of terminal acetylenes is 1. The van der Waals surface area contributed by atoms with Gasteiger partial charge in [-0.25, -0.2) is 0 Å². The fourth-order valence-corrected chi connectivity index (χ4v) is 0.976. The highest BCUT2D eigenvalue weighted by molar-refractivity contribution is 5.81. The molecule has 0 fully saturated rings. The van der Waals surface area contributed by atoms with E-state index in [9.17, 15) is 4.79 Å². The van der Waals surface area contributed by atoms with Gasteiger partial charge in [-0.2, -0.15) is 5.26 Å². The Balaban J connectivity index is 4.30. The van der Waals surface area contributed by atoms with Crippen molar-refractivity contribution in [2.45, 2.75) is 20.3 Å². The summed E-state index contributed by atoms with van der Waals surface area (Å²) >= 11 is 0. The van der Waals surface area contributed by atoms with E-state index in [4.69, 9.17) is 11.7 Å². The Bertz CT molecular complexity index is 247. The first kappa shape index (κ1) is 11.5. The largest absolute Gasteiger partial charge is 0.330 e. The number of rotatable bonds is 4. The molecule has 70 valence electrons. The molecule has 13 heavy (non-hydrogen) atoms. The van der Waals surface area contributed by atoms with Crippen LogP contribution in [-0.4, -0.2) is 23.9 Å². The van der Waals surface area contributed by atoms with E-state index in [2.05, 4.69) is 5.92 Å². The van der Waals surface area contributed by atoms with Gasteiger partial charge in [-0.15, -0.1) is 6.42 Å². The second kappa shape index (κ2) is 6.08. The molecule has 1 atom stereocenters. The molecule has 1 unspecified atom stereocenters. The molecule has 1 amide bonds. The summed E-state index contributed by atoms with van der Waals surface area (Å²) in [6.45, 7) is 4.46. The molecular weight excluding hydrogens is 164 g/mol. The SMILES string of the molecule is C#CCN(CCC)C(=O)C(C)C#N. The summed E-state index contributed by atoms with van der Waals surface area (Å²) in [4.78, 5) is 13.0. The van der Waals surface area contributed by atoms with Gasteiger partial charge in [-0.3, -0.25) is 4.79 Å². The van der Waals surface area contributed by atoms with Crippen LogP contribution in [0.25, 0.3) is 0 Å². The van der Waals surface area contributed by atoms with Crippen LogP contribution in [0.2, 0.25) is 0 Å². The number of nitriles is 1. The third-order valence-electron chi connectivity index (χ3n) is 1.65. The molecule has 0 aliphatic heterocycles. The average Bonchev–Trinajstić information content (AvgIpc) is 2.15. The number of amides is 1. The molecule has 0 aliphatic carbocycles. The summed E-state index contributed by atoms with van der Waals surface area (Å²) in [6, 6.07) is 1.90. The Morgan fingerprint density at radius 2 is 2.31 bits per heavy atom. The van der Waals surface area contributed by atoms with E-state index >= 15 is 0 Å². The van der Waals surface area contributed by atoms with E-state index in [-0.39, 0.29) is 5.91 Å². The van der Waals surface area contributed by atoms with Crippen LogP contribution in [0.5, 0.6) is 0 Å². The topological polar surface area (TPSA) is 44.1 Å². The van der Waals surface area contributed by atoms with Crippen LogP contribution in [0.1, 0.15) is 20.3 Å². The predicted octanol–water partition coefficient (Wildman–Crippen LogP) is 1.02. The standard InChI is InChI=1S/C10H14N2O/c1-4-6-12(7-5-2)10(13)9(3)8-11/h1,9H,5-7H2,2-3H3. The molecular formula is C10H14N2O. The van der Waals surface area contributed by atoms with Gasteiger partial charge in [0, 0.05) is 6.54 Å². The van der Waals surface area contributed by atoms with Gasteiger partial charge < -0.3 is 4.90 Å². The van der Waals surface area contributed by atoms with Gasteiger partial charge >= 0.3 is 0 Å². The monoisotopic (exact) mass is 178 g/mol. The molecule has 0 spiro atoms. The average molecular weight is 178 g/mol. The summed E-state index contributed by atoms with van der Waals surface area (Å²) in [6.07, 6.45) is 5.97. The van der Waals surface area contributed by atoms with E-state index in [1.165, 1.54) is 4.90 Å². The molecule has 3 nitrogen and oxygen atoms in total. The lowest BCUT2D eigenvalue weighted by Gasteiger charge is -2.20. The van der Waals surface area contributed by atoms with Gasteiger partial charge in [0.15, 0.2) is 0 Å². The lowest BCUT2D eigenvalue weighted by Crippen LogP contribution is -2.35. The van der Waals surface area contributed by atoms with Gasteiger partial charge in [0.05, 0.1) is 12.6 Å². The van der Waals surface area contributed by atoms with Crippen molar-refractivity contribution in [2.75, 3.05) is 13.1 Å². The first-order chi connectivity index (χ1) is 6.17. The highest BCUT2D eigenvalue weighted by Gasteiger charge is 2.18. The van der Waals surface area contributed by atoms with E-state index in [0.29, 0.717) is 13.1 Å². The van der Waals surface area contributed by atoms with Crippen molar-refractivity contribution >= 4 is 5.91 Å². The molecule has 0 N–H and O–H groups in total. The Hall–Kier alpha value is -1.48. The van der Waals surface area contributed by atoms with Gasteiger partial charge in [0.2, 0.25) is 5.91 Å². The summed E-state index contributed by atoms with van der Waals surface area (Å²) in [5.74, 6) is 1.63. The molecule has 0 heterocycles. The molecule has 0 aromatic carbocycles. The summed E-state index contributed by atoms with van der Waals surface area (Å²) in [5, 5.41) is 8.54. The van der Waals surface area contributed by atoms with Crippen LogP contribution in [0.3, 0.4) is 0 Å². The van der Waals surface area contributed by atoms with Crippen molar-refractivity contribution in [3.63, 3.8) is 0 Å². The zero-order valence-corrected chi connectivity index (χ0v) is 8.08. The third-order valence-corrected chi connectivity index (χ3v) is 1.65. The zero-order chi connectivity index (χ0) is 10.3. The predicted molar refractivity (Wildman–Crippen MR) is 50.5 cm³/mol. The van der Waals surface area contributed by atoms with E-state index < -0.39 is 5.92 Å². The maximum Gasteiger partial charge on any atom is 0.240 e. The van der Waals surface area contributed by atoms with Crippen molar-refractivity contribution in [3.05, 3.63) is 0 Å². The van der Waals surface area contributed by atoms with Crippen molar-refractivity contribution < 1.29 is 4.79 Å². The highest BCUT2D eigenvalue weighted by Crippen LogP contribution is 2.01. The summed E-state index contributed by atoms with van der Waals surface area (Å²) < 4.78 is 0.